The molecule has 1 saturated heterocycles. The van der Waals surface area contributed by atoms with Crippen molar-refractivity contribution in [2.24, 2.45) is 0 Å². The van der Waals surface area contributed by atoms with Crippen LogP contribution in [0, 0.1) is 6.92 Å². The van der Waals surface area contributed by atoms with Crippen LogP contribution in [-0.4, -0.2) is 66.9 Å². The summed E-state index contributed by atoms with van der Waals surface area (Å²) in [4.78, 5) is 32.9. The molecule has 0 spiro atoms. The summed E-state index contributed by atoms with van der Waals surface area (Å²) in [5.74, 6) is 0.256. The predicted molar refractivity (Wildman–Crippen MR) is 125 cm³/mol. The van der Waals surface area contributed by atoms with Crippen LogP contribution in [0.4, 0.5) is 0 Å². The maximum Gasteiger partial charge on any atom is 0.278 e. The zero-order chi connectivity index (χ0) is 22.8. The molecule has 0 bridgehead atoms. The number of likely N-dealkylation sites (tertiary alicyclic amines) is 1. The van der Waals surface area contributed by atoms with Gasteiger partial charge >= 0.3 is 0 Å². The lowest BCUT2D eigenvalue weighted by Crippen LogP contribution is -2.43. The van der Waals surface area contributed by atoms with E-state index >= 15 is 0 Å². The lowest BCUT2D eigenvalue weighted by atomic mass is 10.00. The number of aryl methyl sites for hydroxylation is 1. The molecule has 2 amide bonds. The molecule has 0 atom stereocenters. The molecule has 168 valence electrons. The fraction of sp³-hybridized carbons (Fsp3) is 0.385. The average molecular weight is 434 g/mol. The van der Waals surface area contributed by atoms with E-state index in [1.807, 2.05) is 67.4 Å². The molecule has 2 aliphatic heterocycles. The van der Waals surface area contributed by atoms with Gasteiger partial charge in [0.1, 0.15) is 11.4 Å². The molecule has 0 N–H and O–H groups in total. The second-order valence-electron chi connectivity index (χ2n) is 8.78. The Balaban J connectivity index is 1.70. The number of likely N-dealkylation sites (N-methyl/N-ethyl adjacent to an activating group) is 1. The van der Waals surface area contributed by atoms with Crippen molar-refractivity contribution >= 4 is 17.4 Å². The van der Waals surface area contributed by atoms with Crippen LogP contribution in [0.5, 0.6) is 5.75 Å². The number of imide groups is 1. The van der Waals surface area contributed by atoms with Crippen molar-refractivity contribution in [1.82, 2.24) is 14.7 Å². The van der Waals surface area contributed by atoms with Gasteiger partial charge in [0.05, 0.1) is 19.2 Å². The van der Waals surface area contributed by atoms with E-state index in [9.17, 15) is 9.59 Å². The minimum absolute atomic E-state index is 0.220. The van der Waals surface area contributed by atoms with Crippen molar-refractivity contribution in [1.29, 1.82) is 0 Å². The quantitative estimate of drug-likeness (QED) is 0.655. The van der Waals surface area contributed by atoms with E-state index in [0.29, 0.717) is 17.0 Å². The number of piperidine rings is 1. The molecule has 0 aromatic heterocycles. The normalized spacial score (nSPS) is 17.9. The van der Waals surface area contributed by atoms with E-state index in [1.165, 1.54) is 4.90 Å². The Kier molecular flexibility index (Phi) is 6.33. The molecule has 0 radical (unpaired) electrons. The number of nitrogens with zero attached hydrogens (tertiary/aromatic N) is 3. The van der Waals surface area contributed by atoms with E-state index in [1.54, 1.807) is 7.11 Å². The van der Waals surface area contributed by atoms with Crippen molar-refractivity contribution < 1.29 is 14.3 Å². The summed E-state index contributed by atoms with van der Waals surface area (Å²) in [6.45, 7) is 4.25. The molecule has 0 saturated carbocycles. The van der Waals surface area contributed by atoms with Crippen LogP contribution in [0.25, 0.3) is 5.57 Å². The van der Waals surface area contributed by atoms with Crippen LogP contribution in [0.3, 0.4) is 0 Å². The molecular weight excluding hydrogens is 402 g/mol. The molecule has 0 unspecified atom stereocenters. The van der Waals surface area contributed by atoms with E-state index in [2.05, 4.69) is 11.9 Å². The Morgan fingerprint density at radius 1 is 0.969 bits per heavy atom. The predicted octanol–water partition coefficient (Wildman–Crippen LogP) is 3.31. The summed E-state index contributed by atoms with van der Waals surface area (Å²) in [6, 6.07) is 15.6. The van der Waals surface area contributed by atoms with Gasteiger partial charge in [-0.1, -0.05) is 42.0 Å². The fourth-order valence-electron chi connectivity index (χ4n) is 4.49. The van der Waals surface area contributed by atoms with Crippen LogP contribution >= 0.6 is 0 Å². The SMILES string of the molecule is COc1ccc(C2=C(N(C)C3CCN(C)CC3)C(=O)N(Cc3ccc(C)cc3)C2=O)cc1. The molecule has 2 aromatic carbocycles. The largest absolute Gasteiger partial charge is 0.497 e. The Morgan fingerprint density at radius 3 is 2.19 bits per heavy atom. The van der Waals surface area contributed by atoms with Gasteiger partial charge in [0.2, 0.25) is 0 Å². The number of methoxy groups -OCH3 is 1. The molecular formula is C26H31N3O3. The number of hydrogen-bond acceptors (Lipinski definition) is 5. The Labute approximate surface area is 190 Å². The second kappa shape index (κ2) is 9.17. The third kappa shape index (κ3) is 4.28. The standard InChI is InChI=1S/C26H31N3O3/c1-18-5-7-19(8-6-18)17-29-25(30)23(20-9-11-22(32-4)12-10-20)24(26(29)31)28(3)21-13-15-27(2)16-14-21/h5-12,21H,13-17H2,1-4H3. The third-order valence-corrected chi connectivity index (χ3v) is 6.57. The maximum atomic E-state index is 13.6. The summed E-state index contributed by atoms with van der Waals surface area (Å²) >= 11 is 0. The summed E-state index contributed by atoms with van der Waals surface area (Å²) in [6.07, 6.45) is 1.93. The molecule has 4 rings (SSSR count). The van der Waals surface area contributed by atoms with E-state index < -0.39 is 0 Å². The van der Waals surface area contributed by atoms with Crippen molar-refractivity contribution in [3.8, 4) is 5.75 Å². The Morgan fingerprint density at radius 2 is 1.59 bits per heavy atom. The topological polar surface area (TPSA) is 53.1 Å². The lowest BCUT2D eigenvalue weighted by molar-refractivity contribution is -0.138. The number of ether oxygens (including phenoxy) is 1. The second-order valence-corrected chi connectivity index (χ2v) is 8.78. The monoisotopic (exact) mass is 433 g/mol. The van der Waals surface area contributed by atoms with Gasteiger partial charge in [-0.2, -0.15) is 0 Å². The minimum Gasteiger partial charge on any atom is -0.497 e. The van der Waals surface area contributed by atoms with Gasteiger partial charge in [-0.3, -0.25) is 14.5 Å². The number of amides is 2. The number of benzene rings is 2. The first kappa shape index (κ1) is 22.1. The van der Waals surface area contributed by atoms with Crippen LogP contribution in [0.1, 0.15) is 29.5 Å². The zero-order valence-corrected chi connectivity index (χ0v) is 19.3. The first-order valence-corrected chi connectivity index (χ1v) is 11.1. The number of hydrogen-bond donors (Lipinski definition) is 0. The lowest BCUT2D eigenvalue weighted by Gasteiger charge is -2.36. The van der Waals surface area contributed by atoms with Crippen molar-refractivity contribution in [3.63, 3.8) is 0 Å². The van der Waals surface area contributed by atoms with Crippen LogP contribution in [0.2, 0.25) is 0 Å². The molecule has 0 aliphatic carbocycles. The van der Waals surface area contributed by atoms with Gasteiger partial charge in [0, 0.05) is 13.1 Å². The maximum absolute atomic E-state index is 13.6. The highest BCUT2D eigenvalue weighted by Gasteiger charge is 2.42. The van der Waals surface area contributed by atoms with Gasteiger partial charge in [0.25, 0.3) is 11.8 Å². The number of carbonyl (C=O) groups excluding carboxylic acids is 2. The van der Waals surface area contributed by atoms with Crippen LogP contribution in [-0.2, 0) is 16.1 Å². The molecule has 2 aromatic rings. The van der Waals surface area contributed by atoms with Crippen molar-refractivity contribution in [2.75, 3.05) is 34.3 Å². The third-order valence-electron chi connectivity index (χ3n) is 6.57. The van der Waals surface area contributed by atoms with Crippen molar-refractivity contribution in [3.05, 3.63) is 70.9 Å². The number of rotatable bonds is 6. The van der Waals surface area contributed by atoms with E-state index in [4.69, 9.17) is 4.74 Å². The minimum atomic E-state index is -0.240. The highest BCUT2D eigenvalue weighted by molar-refractivity contribution is 6.35. The molecule has 32 heavy (non-hydrogen) atoms. The van der Waals surface area contributed by atoms with Gasteiger partial charge in [-0.25, -0.2) is 0 Å². The van der Waals surface area contributed by atoms with Gasteiger partial charge < -0.3 is 14.5 Å². The summed E-state index contributed by atoms with van der Waals surface area (Å²) in [7, 11) is 5.68. The van der Waals surface area contributed by atoms with Gasteiger partial charge in [0.15, 0.2) is 0 Å². The molecule has 6 nitrogen and oxygen atoms in total. The van der Waals surface area contributed by atoms with E-state index in [-0.39, 0.29) is 24.4 Å². The van der Waals surface area contributed by atoms with Gasteiger partial charge in [-0.15, -0.1) is 0 Å². The highest BCUT2D eigenvalue weighted by atomic mass is 16.5. The molecule has 6 heteroatoms. The van der Waals surface area contributed by atoms with Crippen LogP contribution in [0.15, 0.2) is 54.2 Å². The summed E-state index contributed by atoms with van der Waals surface area (Å²) < 4.78 is 5.28. The van der Waals surface area contributed by atoms with Crippen molar-refractivity contribution in [2.45, 2.75) is 32.4 Å². The first-order chi connectivity index (χ1) is 15.4. The smallest absolute Gasteiger partial charge is 0.278 e. The molecule has 1 fully saturated rings. The molecule has 2 aliphatic rings. The van der Waals surface area contributed by atoms with Gasteiger partial charge in [-0.05, 0) is 63.2 Å². The van der Waals surface area contributed by atoms with Crippen LogP contribution < -0.4 is 4.74 Å². The number of carbonyl (C=O) groups is 2. The first-order valence-electron chi connectivity index (χ1n) is 11.1. The average Bonchev–Trinajstić information content (AvgIpc) is 3.05. The fourth-order valence-corrected chi connectivity index (χ4v) is 4.49. The Bertz CT molecular complexity index is 1020. The molecule has 2 heterocycles. The summed E-state index contributed by atoms with van der Waals surface area (Å²) in [5, 5.41) is 0. The Hall–Kier alpha value is -3.12. The summed E-state index contributed by atoms with van der Waals surface area (Å²) in [5.41, 5.74) is 3.81. The van der Waals surface area contributed by atoms with E-state index in [0.717, 1.165) is 42.6 Å². The highest BCUT2D eigenvalue weighted by Crippen LogP contribution is 2.35. The zero-order valence-electron chi connectivity index (χ0n) is 19.3.